The summed E-state index contributed by atoms with van der Waals surface area (Å²) in [6.45, 7) is 3.99. The summed E-state index contributed by atoms with van der Waals surface area (Å²) in [5.74, 6) is 1.66. The molecule has 5 nitrogen and oxygen atoms in total. The second kappa shape index (κ2) is 7.93. The van der Waals surface area contributed by atoms with Crippen LogP contribution in [0.25, 0.3) is 5.69 Å². The number of ether oxygens (including phenoxy) is 2. The third-order valence-electron chi connectivity index (χ3n) is 4.33. The van der Waals surface area contributed by atoms with Crippen LogP contribution in [-0.4, -0.2) is 33.2 Å². The maximum Gasteiger partial charge on any atom is 0.196 e. The zero-order chi connectivity index (χ0) is 17.8. The minimum atomic E-state index is 0.370. The Bertz CT molecular complexity index is 861. The number of benzene rings is 2. The van der Waals surface area contributed by atoms with Gasteiger partial charge in [-0.3, -0.25) is 4.57 Å². The van der Waals surface area contributed by atoms with E-state index in [9.17, 15) is 0 Å². The average Bonchev–Trinajstić information content (AvgIpc) is 3.32. The van der Waals surface area contributed by atoms with E-state index in [-0.39, 0.29) is 0 Å². The first-order valence-electron chi connectivity index (χ1n) is 8.74. The molecule has 1 aliphatic heterocycles. The summed E-state index contributed by atoms with van der Waals surface area (Å²) in [6, 6.07) is 18.2. The molecule has 0 N–H and O–H groups in total. The molecule has 1 aliphatic rings. The standard InChI is InChI=1S/C20H21N3O2S/c1-15-7-5-6-10-18(15)25-14-19-21-22-20(26-17-11-12-24-13-17)23(19)16-8-3-2-4-9-16/h2-10,17H,11-14H2,1H3/t17-/m1/s1. The van der Waals surface area contributed by atoms with Crippen molar-refractivity contribution in [2.75, 3.05) is 13.2 Å². The summed E-state index contributed by atoms with van der Waals surface area (Å²) >= 11 is 1.73. The number of hydrogen-bond acceptors (Lipinski definition) is 5. The summed E-state index contributed by atoms with van der Waals surface area (Å²) in [4.78, 5) is 0. The second-order valence-corrected chi connectivity index (χ2v) is 7.49. The van der Waals surface area contributed by atoms with Gasteiger partial charge < -0.3 is 9.47 Å². The molecule has 0 saturated carbocycles. The normalized spacial score (nSPS) is 16.7. The molecule has 0 amide bonds. The van der Waals surface area contributed by atoms with Crippen LogP contribution in [0.2, 0.25) is 0 Å². The van der Waals surface area contributed by atoms with Crippen LogP contribution < -0.4 is 4.74 Å². The molecule has 1 atom stereocenters. The zero-order valence-corrected chi connectivity index (χ0v) is 15.5. The highest BCUT2D eigenvalue weighted by atomic mass is 32.2. The van der Waals surface area contributed by atoms with E-state index < -0.39 is 0 Å². The van der Waals surface area contributed by atoms with Gasteiger partial charge in [-0.15, -0.1) is 10.2 Å². The van der Waals surface area contributed by atoms with Crippen molar-refractivity contribution in [2.24, 2.45) is 0 Å². The molecule has 0 spiro atoms. The van der Waals surface area contributed by atoms with Crippen LogP contribution in [0.3, 0.4) is 0 Å². The lowest BCUT2D eigenvalue weighted by Gasteiger charge is -2.13. The lowest BCUT2D eigenvalue weighted by molar-refractivity contribution is 0.199. The van der Waals surface area contributed by atoms with E-state index in [1.54, 1.807) is 11.8 Å². The fourth-order valence-electron chi connectivity index (χ4n) is 2.92. The predicted octanol–water partition coefficient (Wildman–Crippen LogP) is 4.04. The number of aryl methyl sites for hydroxylation is 1. The SMILES string of the molecule is Cc1ccccc1OCc1nnc(S[C@@H]2CCOC2)n1-c1ccccc1. The smallest absolute Gasteiger partial charge is 0.196 e. The third-order valence-corrected chi connectivity index (χ3v) is 5.51. The summed E-state index contributed by atoms with van der Waals surface area (Å²) in [6.07, 6.45) is 1.04. The summed E-state index contributed by atoms with van der Waals surface area (Å²) < 4.78 is 13.6. The maximum atomic E-state index is 6.01. The van der Waals surface area contributed by atoms with E-state index >= 15 is 0 Å². The van der Waals surface area contributed by atoms with Gasteiger partial charge in [0.1, 0.15) is 12.4 Å². The predicted molar refractivity (Wildman–Crippen MR) is 102 cm³/mol. The number of para-hydroxylation sites is 2. The van der Waals surface area contributed by atoms with Crippen LogP contribution in [0.4, 0.5) is 0 Å². The molecule has 0 unspecified atom stereocenters. The van der Waals surface area contributed by atoms with Crippen molar-refractivity contribution in [3.05, 3.63) is 66.0 Å². The van der Waals surface area contributed by atoms with Gasteiger partial charge in [0, 0.05) is 17.5 Å². The molecule has 3 aromatic rings. The highest BCUT2D eigenvalue weighted by molar-refractivity contribution is 7.99. The molecule has 26 heavy (non-hydrogen) atoms. The first-order chi connectivity index (χ1) is 12.8. The summed E-state index contributed by atoms with van der Waals surface area (Å²) in [7, 11) is 0. The molecular weight excluding hydrogens is 346 g/mol. The maximum absolute atomic E-state index is 6.01. The Kier molecular flexibility index (Phi) is 5.22. The summed E-state index contributed by atoms with van der Waals surface area (Å²) in [5.41, 5.74) is 2.15. The van der Waals surface area contributed by atoms with Gasteiger partial charge in [-0.2, -0.15) is 0 Å². The van der Waals surface area contributed by atoms with E-state index in [1.807, 2.05) is 49.4 Å². The Balaban J connectivity index is 1.61. The van der Waals surface area contributed by atoms with Crippen LogP contribution in [0, 0.1) is 6.92 Å². The van der Waals surface area contributed by atoms with Crippen LogP contribution >= 0.6 is 11.8 Å². The largest absolute Gasteiger partial charge is 0.485 e. The van der Waals surface area contributed by atoms with Crippen molar-refractivity contribution in [3.8, 4) is 11.4 Å². The Morgan fingerprint density at radius 3 is 2.69 bits per heavy atom. The van der Waals surface area contributed by atoms with Gasteiger partial charge in [0.15, 0.2) is 11.0 Å². The third kappa shape index (κ3) is 3.76. The van der Waals surface area contributed by atoms with E-state index in [1.165, 1.54) is 0 Å². The Hall–Kier alpha value is -2.31. The summed E-state index contributed by atoms with van der Waals surface area (Å²) in [5, 5.41) is 10.1. The number of hydrogen-bond donors (Lipinski definition) is 0. The fraction of sp³-hybridized carbons (Fsp3) is 0.300. The molecule has 0 aliphatic carbocycles. The van der Waals surface area contributed by atoms with Gasteiger partial charge in [0.2, 0.25) is 0 Å². The molecule has 2 heterocycles. The molecule has 0 bridgehead atoms. The number of thioether (sulfide) groups is 1. The zero-order valence-electron chi connectivity index (χ0n) is 14.7. The molecule has 4 rings (SSSR count). The van der Waals surface area contributed by atoms with Gasteiger partial charge in [0.05, 0.1) is 6.61 Å². The first-order valence-corrected chi connectivity index (χ1v) is 9.62. The fourth-order valence-corrected chi connectivity index (χ4v) is 4.00. The van der Waals surface area contributed by atoms with E-state index in [2.05, 4.69) is 26.9 Å². The molecule has 134 valence electrons. The van der Waals surface area contributed by atoms with Crippen molar-refractivity contribution >= 4 is 11.8 Å². The lowest BCUT2D eigenvalue weighted by atomic mass is 10.2. The van der Waals surface area contributed by atoms with Crippen molar-refractivity contribution in [1.82, 2.24) is 14.8 Å². The Labute approximate surface area is 157 Å². The van der Waals surface area contributed by atoms with Gasteiger partial charge in [-0.05, 0) is 37.1 Å². The quantitative estimate of drug-likeness (QED) is 0.658. The minimum Gasteiger partial charge on any atom is -0.485 e. The van der Waals surface area contributed by atoms with Gasteiger partial charge >= 0.3 is 0 Å². The molecule has 1 saturated heterocycles. The molecular formula is C20H21N3O2S. The second-order valence-electron chi connectivity index (χ2n) is 6.23. The Morgan fingerprint density at radius 1 is 1.12 bits per heavy atom. The van der Waals surface area contributed by atoms with Crippen LogP contribution in [0.5, 0.6) is 5.75 Å². The van der Waals surface area contributed by atoms with Crippen molar-refractivity contribution in [3.63, 3.8) is 0 Å². The van der Waals surface area contributed by atoms with Crippen LogP contribution in [-0.2, 0) is 11.3 Å². The topological polar surface area (TPSA) is 49.2 Å². The van der Waals surface area contributed by atoms with Gasteiger partial charge in [-0.1, -0.05) is 48.2 Å². The molecule has 1 fully saturated rings. The van der Waals surface area contributed by atoms with E-state index in [0.29, 0.717) is 11.9 Å². The monoisotopic (exact) mass is 367 g/mol. The van der Waals surface area contributed by atoms with Crippen molar-refractivity contribution in [1.29, 1.82) is 0 Å². The van der Waals surface area contributed by atoms with Crippen molar-refractivity contribution < 1.29 is 9.47 Å². The van der Waals surface area contributed by atoms with Crippen LogP contribution in [0.1, 0.15) is 17.8 Å². The average molecular weight is 367 g/mol. The minimum absolute atomic E-state index is 0.370. The molecule has 6 heteroatoms. The van der Waals surface area contributed by atoms with E-state index in [4.69, 9.17) is 9.47 Å². The highest BCUT2D eigenvalue weighted by Crippen LogP contribution is 2.30. The lowest BCUT2D eigenvalue weighted by Crippen LogP contribution is -2.09. The first kappa shape index (κ1) is 17.1. The number of nitrogens with zero attached hydrogens (tertiary/aromatic N) is 3. The van der Waals surface area contributed by atoms with Gasteiger partial charge in [0.25, 0.3) is 0 Å². The Morgan fingerprint density at radius 2 is 1.92 bits per heavy atom. The van der Waals surface area contributed by atoms with Crippen molar-refractivity contribution in [2.45, 2.75) is 30.4 Å². The van der Waals surface area contributed by atoms with E-state index in [0.717, 1.165) is 47.6 Å². The highest BCUT2D eigenvalue weighted by Gasteiger charge is 2.22. The van der Waals surface area contributed by atoms with Crippen LogP contribution in [0.15, 0.2) is 59.8 Å². The molecule has 1 aromatic heterocycles. The molecule has 0 radical (unpaired) electrons. The number of aromatic nitrogens is 3. The number of rotatable bonds is 6. The van der Waals surface area contributed by atoms with Gasteiger partial charge in [-0.25, -0.2) is 0 Å². The molecule has 2 aromatic carbocycles.